The summed E-state index contributed by atoms with van der Waals surface area (Å²) in [5.41, 5.74) is 0. The summed E-state index contributed by atoms with van der Waals surface area (Å²) in [6.45, 7) is 0. The molecule has 82 valence electrons. The number of hydrogen-bond donors (Lipinski definition) is 1. The highest BCUT2D eigenvalue weighted by Gasteiger charge is 2.20. The second kappa shape index (κ2) is 5.28. The number of aliphatic hydroxyl groups excluding tert-OH is 1. The summed E-state index contributed by atoms with van der Waals surface area (Å²) in [7, 11) is 0. The topological polar surface area (TPSA) is 20.2 Å². The fraction of sp³-hybridized carbons (Fsp3) is 0.500. The Morgan fingerprint density at radius 2 is 2.33 bits per heavy atom. The number of halogens is 1. The van der Waals surface area contributed by atoms with E-state index in [1.807, 2.05) is 6.07 Å². The highest BCUT2D eigenvalue weighted by molar-refractivity contribution is 9.11. The summed E-state index contributed by atoms with van der Waals surface area (Å²) >= 11 is 5.16. The molecule has 3 heteroatoms. The molecule has 1 aliphatic carbocycles. The van der Waals surface area contributed by atoms with Crippen molar-refractivity contribution in [3.63, 3.8) is 0 Å². The van der Waals surface area contributed by atoms with Crippen molar-refractivity contribution in [2.45, 2.75) is 31.8 Å². The zero-order valence-corrected chi connectivity index (χ0v) is 10.9. The smallest absolute Gasteiger partial charge is 0.0701 e. The summed E-state index contributed by atoms with van der Waals surface area (Å²) in [5, 5.41) is 10.1. The minimum absolute atomic E-state index is 0.180. The fourth-order valence-electron chi connectivity index (χ4n) is 2.00. The molecule has 0 radical (unpaired) electrons. The molecule has 0 bridgehead atoms. The highest BCUT2D eigenvalue weighted by atomic mass is 79.9. The van der Waals surface area contributed by atoms with Crippen LogP contribution in [0.15, 0.2) is 28.1 Å². The Bertz CT molecular complexity index is 345. The van der Waals surface area contributed by atoms with Gasteiger partial charge in [-0.3, -0.25) is 0 Å². The van der Waals surface area contributed by atoms with Crippen LogP contribution < -0.4 is 0 Å². The van der Waals surface area contributed by atoms with Crippen LogP contribution in [0.5, 0.6) is 0 Å². The Hall–Kier alpha value is -0.120. The van der Waals surface area contributed by atoms with Crippen LogP contribution in [0, 0.1) is 5.92 Å². The van der Waals surface area contributed by atoms with Gasteiger partial charge in [-0.25, -0.2) is 0 Å². The average Bonchev–Trinajstić information content (AvgIpc) is 2.65. The molecule has 2 rings (SSSR count). The van der Waals surface area contributed by atoms with Crippen LogP contribution in [-0.4, -0.2) is 11.2 Å². The quantitative estimate of drug-likeness (QED) is 0.839. The second-order valence-corrected chi connectivity index (χ2v) is 6.57. The summed E-state index contributed by atoms with van der Waals surface area (Å²) in [6.07, 6.45) is 8.32. The van der Waals surface area contributed by atoms with Gasteiger partial charge in [0, 0.05) is 11.3 Å². The number of hydrogen-bond acceptors (Lipinski definition) is 2. The van der Waals surface area contributed by atoms with Gasteiger partial charge in [0.2, 0.25) is 0 Å². The first-order valence-electron chi connectivity index (χ1n) is 5.33. The number of thiophene rings is 1. The average molecular weight is 287 g/mol. The van der Waals surface area contributed by atoms with Crippen molar-refractivity contribution in [2.24, 2.45) is 5.92 Å². The van der Waals surface area contributed by atoms with E-state index in [9.17, 15) is 5.11 Å². The minimum atomic E-state index is -0.180. The highest BCUT2D eigenvalue weighted by Crippen LogP contribution is 2.27. The molecule has 1 heterocycles. The molecular weight excluding hydrogens is 272 g/mol. The third-order valence-electron chi connectivity index (χ3n) is 2.89. The Morgan fingerprint density at radius 1 is 1.47 bits per heavy atom. The van der Waals surface area contributed by atoms with E-state index < -0.39 is 0 Å². The normalized spacial score (nSPS) is 22.9. The second-order valence-electron chi connectivity index (χ2n) is 4.02. The van der Waals surface area contributed by atoms with Crippen LogP contribution in [0.1, 0.15) is 24.1 Å². The predicted molar refractivity (Wildman–Crippen MR) is 68.2 cm³/mol. The summed E-state index contributed by atoms with van der Waals surface area (Å²) in [5.74, 6) is 0.455. The molecule has 0 saturated heterocycles. The van der Waals surface area contributed by atoms with Crippen LogP contribution >= 0.6 is 27.3 Å². The lowest BCUT2D eigenvalue weighted by Gasteiger charge is -2.23. The first-order chi connectivity index (χ1) is 7.25. The Kier molecular flexibility index (Phi) is 4.00. The van der Waals surface area contributed by atoms with E-state index in [0.717, 1.165) is 29.5 Å². The number of aliphatic hydroxyl groups is 1. The monoisotopic (exact) mass is 286 g/mol. The third kappa shape index (κ3) is 3.16. The molecule has 0 saturated carbocycles. The molecule has 1 nitrogen and oxygen atoms in total. The predicted octanol–water partition coefficient (Wildman–Crippen LogP) is 3.77. The van der Waals surface area contributed by atoms with Gasteiger partial charge in [-0.2, -0.15) is 0 Å². The van der Waals surface area contributed by atoms with Crippen LogP contribution in [0.2, 0.25) is 0 Å². The van der Waals surface area contributed by atoms with Gasteiger partial charge in [0.1, 0.15) is 0 Å². The van der Waals surface area contributed by atoms with Gasteiger partial charge in [0.15, 0.2) is 0 Å². The van der Waals surface area contributed by atoms with Gasteiger partial charge in [0.25, 0.3) is 0 Å². The van der Waals surface area contributed by atoms with E-state index in [2.05, 4.69) is 34.1 Å². The minimum Gasteiger partial charge on any atom is -0.392 e. The zero-order valence-electron chi connectivity index (χ0n) is 8.53. The van der Waals surface area contributed by atoms with Crippen molar-refractivity contribution in [2.75, 3.05) is 0 Å². The van der Waals surface area contributed by atoms with Gasteiger partial charge >= 0.3 is 0 Å². The van der Waals surface area contributed by atoms with Gasteiger partial charge in [0.05, 0.1) is 9.89 Å². The van der Waals surface area contributed by atoms with E-state index in [1.54, 1.807) is 11.3 Å². The van der Waals surface area contributed by atoms with Crippen molar-refractivity contribution in [3.8, 4) is 0 Å². The lowest BCUT2D eigenvalue weighted by molar-refractivity contribution is 0.103. The van der Waals surface area contributed by atoms with Crippen LogP contribution in [0.3, 0.4) is 0 Å². The fourth-order valence-corrected chi connectivity index (χ4v) is 3.53. The molecule has 1 aromatic rings. The SMILES string of the molecule is OC(Cc1ccc(Br)s1)C1CC=CCC1. The van der Waals surface area contributed by atoms with Crippen LogP contribution in [-0.2, 0) is 6.42 Å². The van der Waals surface area contributed by atoms with Gasteiger partial charge < -0.3 is 5.11 Å². The molecule has 1 N–H and O–H groups in total. The summed E-state index contributed by atoms with van der Waals surface area (Å²) in [4.78, 5) is 1.27. The molecule has 15 heavy (non-hydrogen) atoms. The molecule has 0 amide bonds. The molecule has 0 aromatic carbocycles. The van der Waals surface area contributed by atoms with Crippen molar-refractivity contribution < 1.29 is 5.11 Å². The van der Waals surface area contributed by atoms with E-state index in [1.165, 1.54) is 4.88 Å². The lowest BCUT2D eigenvalue weighted by atomic mass is 9.88. The van der Waals surface area contributed by atoms with Crippen molar-refractivity contribution in [1.29, 1.82) is 0 Å². The van der Waals surface area contributed by atoms with Gasteiger partial charge in [-0.1, -0.05) is 12.2 Å². The molecule has 0 spiro atoms. The molecule has 1 aliphatic rings. The van der Waals surface area contributed by atoms with Gasteiger partial charge in [-0.15, -0.1) is 11.3 Å². The Morgan fingerprint density at radius 3 is 2.93 bits per heavy atom. The largest absolute Gasteiger partial charge is 0.392 e. The third-order valence-corrected chi connectivity index (χ3v) is 4.54. The molecule has 2 unspecified atom stereocenters. The molecule has 0 aliphatic heterocycles. The Labute approximate surface area is 103 Å². The van der Waals surface area contributed by atoms with Crippen molar-refractivity contribution in [1.82, 2.24) is 0 Å². The molecule has 1 aromatic heterocycles. The first kappa shape index (κ1) is 11.4. The number of rotatable bonds is 3. The zero-order chi connectivity index (χ0) is 10.7. The maximum atomic E-state index is 10.1. The van der Waals surface area contributed by atoms with Crippen molar-refractivity contribution in [3.05, 3.63) is 32.9 Å². The van der Waals surface area contributed by atoms with Crippen LogP contribution in [0.25, 0.3) is 0 Å². The molecule has 2 atom stereocenters. The maximum absolute atomic E-state index is 10.1. The first-order valence-corrected chi connectivity index (χ1v) is 6.94. The van der Waals surface area contributed by atoms with Gasteiger partial charge in [-0.05, 0) is 53.2 Å². The summed E-state index contributed by atoms with van der Waals surface area (Å²) in [6, 6.07) is 4.14. The molecular formula is C12H15BrOS. The van der Waals surface area contributed by atoms with E-state index in [0.29, 0.717) is 5.92 Å². The maximum Gasteiger partial charge on any atom is 0.0701 e. The number of allylic oxidation sites excluding steroid dienone is 2. The molecule has 0 fully saturated rings. The van der Waals surface area contributed by atoms with E-state index in [-0.39, 0.29) is 6.10 Å². The summed E-state index contributed by atoms with van der Waals surface area (Å²) < 4.78 is 1.15. The van der Waals surface area contributed by atoms with E-state index >= 15 is 0 Å². The standard InChI is InChI=1S/C12H15BrOS/c13-12-7-6-10(15-12)8-11(14)9-4-2-1-3-5-9/h1-2,6-7,9,11,14H,3-5,8H2. The Balaban J connectivity index is 1.91. The van der Waals surface area contributed by atoms with E-state index in [4.69, 9.17) is 0 Å². The lowest BCUT2D eigenvalue weighted by Crippen LogP contribution is -2.23. The van der Waals surface area contributed by atoms with Crippen molar-refractivity contribution >= 4 is 27.3 Å². The van der Waals surface area contributed by atoms with Crippen LogP contribution in [0.4, 0.5) is 0 Å².